The standard InChI is InChI=1S/C29H35ClN4O3/c1-20-6-8-22(9-7-20)23-16-27(35)24(28(36)17-23)18-31-10-11-33-12-14-34(15-13-33)19-29(37)32-26-5-3-4-25(30)21(26)2/h3-9,18,23-24H,10-17,19H2,1-2H3,(H,32,37). The summed E-state index contributed by atoms with van der Waals surface area (Å²) >= 11 is 6.14. The molecule has 7 nitrogen and oxygen atoms in total. The van der Waals surface area contributed by atoms with Crippen LogP contribution in [0.3, 0.4) is 0 Å². The van der Waals surface area contributed by atoms with Gasteiger partial charge in [0.15, 0.2) is 0 Å². The normalized spacial score (nSPS) is 21.5. The van der Waals surface area contributed by atoms with Gasteiger partial charge in [0.1, 0.15) is 17.5 Å². The van der Waals surface area contributed by atoms with E-state index in [1.54, 1.807) is 6.21 Å². The van der Waals surface area contributed by atoms with Crippen molar-refractivity contribution in [2.45, 2.75) is 32.6 Å². The third kappa shape index (κ3) is 7.34. The van der Waals surface area contributed by atoms with E-state index in [1.165, 1.54) is 0 Å². The van der Waals surface area contributed by atoms with Gasteiger partial charge in [0, 0.05) is 62.5 Å². The van der Waals surface area contributed by atoms with Gasteiger partial charge in [0.2, 0.25) is 5.91 Å². The van der Waals surface area contributed by atoms with Gasteiger partial charge in [-0.1, -0.05) is 47.5 Å². The highest BCUT2D eigenvalue weighted by Gasteiger charge is 2.34. The van der Waals surface area contributed by atoms with Crippen molar-refractivity contribution in [2.24, 2.45) is 10.9 Å². The van der Waals surface area contributed by atoms with Crippen LogP contribution in [0.15, 0.2) is 47.5 Å². The number of hydrogen-bond acceptors (Lipinski definition) is 6. The molecule has 0 aromatic heterocycles. The number of Topliss-reactive ketones (excluding diaryl/α,β-unsaturated/α-hetero) is 2. The first kappa shape index (κ1) is 27.2. The first-order valence-corrected chi connectivity index (χ1v) is 13.3. The molecule has 2 aromatic carbocycles. The lowest BCUT2D eigenvalue weighted by atomic mass is 9.77. The molecule has 0 atom stereocenters. The number of anilines is 1. The van der Waals surface area contributed by atoms with Crippen molar-refractivity contribution < 1.29 is 14.4 Å². The number of aliphatic imine (C=N–C) groups is 1. The third-order valence-corrected chi connectivity index (χ3v) is 7.72. The van der Waals surface area contributed by atoms with E-state index in [-0.39, 0.29) is 23.4 Å². The summed E-state index contributed by atoms with van der Waals surface area (Å²) < 4.78 is 0. The maximum Gasteiger partial charge on any atom is 0.238 e. The maximum absolute atomic E-state index is 12.7. The van der Waals surface area contributed by atoms with Crippen LogP contribution in [0.25, 0.3) is 0 Å². The Morgan fingerprint density at radius 1 is 1.00 bits per heavy atom. The van der Waals surface area contributed by atoms with Crippen molar-refractivity contribution in [3.63, 3.8) is 0 Å². The zero-order chi connectivity index (χ0) is 26.4. The molecule has 196 valence electrons. The van der Waals surface area contributed by atoms with E-state index in [4.69, 9.17) is 11.6 Å². The Morgan fingerprint density at radius 3 is 2.32 bits per heavy atom. The van der Waals surface area contributed by atoms with Gasteiger partial charge in [0.25, 0.3) is 0 Å². The summed E-state index contributed by atoms with van der Waals surface area (Å²) in [6.07, 6.45) is 2.34. The van der Waals surface area contributed by atoms with E-state index in [2.05, 4.69) is 20.1 Å². The predicted octanol–water partition coefficient (Wildman–Crippen LogP) is 3.92. The Bertz CT molecular complexity index is 1140. The van der Waals surface area contributed by atoms with Crippen molar-refractivity contribution in [2.75, 3.05) is 51.1 Å². The highest BCUT2D eigenvalue weighted by Crippen LogP contribution is 2.31. The minimum Gasteiger partial charge on any atom is -0.325 e. The molecule has 1 aliphatic carbocycles. The number of halogens is 1. The minimum absolute atomic E-state index is 0.0295. The van der Waals surface area contributed by atoms with E-state index in [9.17, 15) is 14.4 Å². The lowest BCUT2D eigenvalue weighted by molar-refractivity contribution is -0.133. The second kappa shape index (κ2) is 12.6. The summed E-state index contributed by atoms with van der Waals surface area (Å²) in [6, 6.07) is 13.6. The molecule has 8 heteroatoms. The van der Waals surface area contributed by atoms with Crippen LogP contribution in [0.4, 0.5) is 5.69 Å². The van der Waals surface area contributed by atoms with Crippen molar-refractivity contribution >= 4 is 41.0 Å². The van der Waals surface area contributed by atoms with Crippen LogP contribution >= 0.6 is 11.6 Å². The van der Waals surface area contributed by atoms with E-state index in [1.807, 2.05) is 56.3 Å². The van der Waals surface area contributed by atoms with Crippen molar-refractivity contribution in [3.8, 4) is 0 Å². The molecule has 1 N–H and O–H groups in total. The minimum atomic E-state index is -0.708. The Kier molecular flexibility index (Phi) is 9.24. The number of ketones is 2. The molecular formula is C29H35ClN4O3. The Balaban J connectivity index is 1.16. The number of benzene rings is 2. The van der Waals surface area contributed by atoms with Crippen LogP contribution in [0, 0.1) is 19.8 Å². The molecule has 4 rings (SSSR count). The summed E-state index contributed by atoms with van der Waals surface area (Å²) in [7, 11) is 0. The summed E-state index contributed by atoms with van der Waals surface area (Å²) in [5, 5.41) is 3.59. The van der Waals surface area contributed by atoms with E-state index >= 15 is 0 Å². The number of hydrogen-bond donors (Lipinski definition) is 1. The second-order valence-corrected chi connectivity index (χ2v) is 10.5. The van der Waals surface area contributed by atoms with Crippen LogP contribution < -0.4 is 5.32 Å². The van der Waals surface area contributed by atoms with Crippen LogP contribution in [-0.2, 0) is 14.4 Å². The van der Waals surface area contributed by atoms with Gasteiger partial charge in [-0.2, -0.15) is 0 Å². The zero-order valence-electron chi connectivity index (χ0n) is 21.6. The molecule has 0 bridgehead atoms. The quantitative estimate of drug-likeness (QED) is 0.420. The molecule has 37 heavy (non-hydrogen) atoms. The largest absolute Gasteiger partial charge is 0.325 e. The highest BCUT2D eigenvalue weighted by molar-refractivity contribution is 6.31. The van der Waals surface area contributed by atoms with Gasteiger partial charge < -0.3 is 5.32 Å². The molecule has 0 spiro atoms. The van der Waals surface area contributed by atoms with E-state index in [0.717, 1.165) is 55.1 Å². The molecule has 1 saturated carbocycles. The zero-order valence-corrected chi connectivity index (χ0v) is 22.3. The number of nitrogens with zero attached hydrogens (tertiary/aromatic N) is 3. The molecule has 2 aromatic rings. The van der Waals surface area contributed by atoms with E-state index in [0.29, 0.717) is 31.0 Å². The summed E-state index contributed by atoms with van der Waals surface area (Å²) in [5.74, 6) is -0.857. The number of aryl methyl sites for hydroxylation is 1. The van der Waals surface area contributed by atoms with Gasteiger partial charge in [-0.3, -0.25) is 29.2 Å². The fraction of sp³-hybridized carbons (Fsp3) is 0.448. The number of carbonyl (C=O) groups is 3. The summed E-state index contributed by atoms with van der Waals surface area (Å²) in [4.78, 5) is 46.7. The van der Waals surface area contributed by atoms with Gasteiger partial charge in [-0.25, -0.2) is 0 Å². The summed E-state index contributed by atoms with van der Waals surface area (Å²) in [5.41, 5.74) is 3.83. The first-order chi connectivity index (χ1) is 17.8. The molecule has 0 unspecified atom stereocenters. The molecule has 1 aliphatic heterocycles. The molecule has 0 radical (unpaired) electrons. The average Bonchev–Trinajstić information content (AvgIpc) is 2.87. The second-order valence-electron chi connectivity index (χ2n) is 10.1. The molecule has 1 heterocycles. The van der Waals surface area contributed by atoms with Gasteiger partial charge >= 0.3 is 0 Å². The van der Waals surface area contributed by atoms with Gasteiger partial charge in [0.05, 0.1) is 13.1 Å². The number of amides is 1. The number of carbonyl (C=O) groups excluding carboxylic acids is 3. The lowest BCUT2D eigenvalue weighted by Gasteiger charge is -2.34. The Hall–Kier alpha value is -2.87. The van der Waals surface area contributed by atoms with Crippen molar-refractivity contribution in [1.82, 2.24) is 9.80 Å². The molecule has 1 amide bonds. The molecule has 2 fully saturated rings. The Morgan fingerprint density at radius 2 is 1.65 bits per heavy atom. The topological polar surface area (TPSA) is 82.1 Å². The first-order valence-electron chi connectivity index (χ1n) is 12.9. The number of piperazine rings is 1. The molecule has 1 saturated heterocycles. The van der Waals surface area contributed by atoms with Crippen molar-refractivity contribution in [1.29, 1.82) is 0 Å². The van der Waals surface area contributed by atoms with Crippen LogP contribution in [0.5, 0.6) is 0 Å². The van der Waals surface area contributed by atoms with Gasteiger partial charge in [-0.15, -0.1) is 0 Å². The van der Waals surface area contributed by atoms with Crippen LogP contribution in [-0.4, -0.2) is 79.3 Å². The smallest absolute Gasteiger partial charge is 0.238 e. The van der Waals surface area contributed by atoms with Gasteiger partial charge in [-0.05, 0) is 43.0 Å². The third-order valence-electron chi connectivity index (χ3n) is 7.31. The monoisotopic (exact) mass is 522 g/mol. The van der Waals surface area contributed by atoms with Crippen molar-refractivity contribution in [3.05, 3.63) is 64.2 Å². The van der Waals surface area contributed by atoms with Crippen LogP contribution in [0.2, 0.25) is 5.02 Å². The average molecular weight is 523 g/mol. The number of nitrogens with one attached hydrogen (secondary N) is 1. The van der Waals surface area contributed by atoms with Crippen LogP contribution in [0.1, 0.15) is 35.4 Å². The molecule has 2 aliphatic rings. The molecular weight excluding hydrogens is 488 g/mol. The Labute approximate surface area is 223 Å². The SMILES string of the molecule is Cc1ccc(C2CC(=O)C(C=NCCN3CCN(CC(=O)Nc4cccc(Cl)c4C)CC3)C(=O)C2)cc1. The fourth-order valence-electron chi connectivity index (χ4n) is 4.92. The predicted molar refractivity (Wildman–Crippen MR) is 148 cm³/mol. The lowest BCUT2D eigenvalue weighted by Crippen LogP contribution is -2.49. The fourth-order valence-corrected chi connectivity index (χ4v) is 5.09. The maximum atomic E-state index is 12.7. The summed E-state index contributed by atoms with van der Waals surface area (Å²) in [6.45, 7) is 8.85. The number of rotatable bonds is 8. The van der Waals surface area contributed by atoms with E-state index < -0.39 is 5.92 Å². The highest BCUT2D eigenvalue weighted by atomic mass is 35.5.